The molecule has 3 aromatic rings. The van der Waals surface area contributed by atoms with Crippen LogP contribution < -0.4 is 5.56 Å². The Labute approximate surface area is 158 Å². The van der Waals surface area contributed by atoms with Crippen molar-refractivity contribution in [1.82, 2.24) is 9.78 Å². The molecule has 4 nitrogen and oxygen atoms in total. The number of rotatable bonds is 3. The van der Waals surface area contributed by atoms with Crippen LogP contribution in [0.15, 0.2) is 63.2 Å². The van der Waals surface area contributed by atoms with E-state index < -0.39 is 5.56 Å². The highest BCUT2D eigenvalue weighted by molar-refractivity contribution is 7.99. The Kier molecular flexibility index (Phi) is 5.14. The molecular weight excluding hydrogens is 377 g/mol. The van der Waals surface area contributed by atoms with Crippen molar-refractivity contribution < 1.29 is 0 Å². The summed E-state index contributed by atoms with van der Waals surface area (Å²) in [4.78, 5) is 13.5. The van der Waals surface area contributed by atoms with Gasteiger partial charge in [-0.15, -0.1) is 0 Å². The first-order valence-corrected chi connectivity index (χ1v) is 8.81. The second kappa shape index (κ2) is 7.32. The SMILES string of the molecule is Cc1c(Sc2ccc(Cl)cc2)nn(-c2ccccc2Cl)c(=O)c1C#N. The van der Waals surface area contributed by atoms with Gasteiger partial charge in [0.05, 0.1) is 10.7 Å². The Morgan fingerprint density at radius 1 is 1.12 bits per heavy atom. The van der Waals surface area contributed by atoms with Gasteiger partial charge in [0.2, 0.25) is 0 Å². The van der Waals surface area contributed by atoms with E-state index >= 15 is 0 Å². The van der Waals surface area contributed by atoms with Gasteiger partial charge in [0.15, 0.2) is 0 Å². The first-order chi connectivity index (χ1) is 12.0. The summed E-state index contributed by atoms with van der Waals surface area (Å²) in [5, 5.41) is 15.4. The van der Waals surface area contributed by atoms with Crippen LogP contribution in [0.1, 0.15) is 11.1 Å². The van der Waals surface area contributed by atoms with Gasteiger partial charge in [-0.2, -0.15) is 15.0 Å². The molecule has 1 aromatic heterocycles. The average Bonchev–Trinajstić information content (AvgIpc) is 2.60. The predicted octanol–water partition coefficient (Wildman–Crippen LogP) is 4.87. The molecule has 0 saturated heterocycles. The Hall–Kier alpha value is -2.26. The van der Waals surface area contributed by atoms with Gasteiger partial charge in [0.25, 0.3) is 5.56 Å². The molecule has 0 spiro atoms. The fraction of sp³-hybridized carbons (Fsp3) is 0.0556. The van der Waals surface area contributed by atoms with Crippen LogP contribution in [0.2, 0.25) is 10.0 Å². The molecule has 0 bridgehead atoms. The lowest BCUT2D eigenvalue weighted by Crippen LogP contribution is -2.26. The summed E-state index contributed by atoms with van der Waals surface area (Å²) in [6.45, 7) is 1.71. The van der Waals surface area contributed by atoms with E-state index in [1.165, 1.54) is 16.4 Å². The van der Waals surface area contributed by atoms with Crippen LogP contribution in [0, 0.1) is 18.3 Å². The molecule has 0 aliphatic rings. The lowest BCUT2D eigenvalue weighted by atomic mass is 10.2. The van der Waals surface area contributed by atoms with Gasteiger partial charge >= 0.3 is 0 Å². The Morgan fingerprint density at radius 3 is 2.44 bits per heavy atom. The van der Waals surface area contributed by atoms with Gasteiger partial charge in [-0.25, -0.2) is 0 Å². The standard InChI is InChI=1S/C18H11Cl2N3OS/c1-11-14(10-21)18(24)23(16-5-3-2-4-15(16)20)22-17(11)25-13-8-6-12(19)7-9-13/h2-9H,1H3. The number of para-hydroxylation sites is 1. The summed E-state index contributed by atoms with van der Waals surface area (Å²) in [6.07, 6.45) is 0. The van der Waals surface area contributed by atoms with Gasteiger partial charge in [-0.1, -0.05) is 47.1 Å². The Morgan fingerprint density at radius 2 is 1.80 bits per heavy atom. The normalized spacial score (nSPS) is 10.5. The number of nitrogens with zero attached hydrogens (tertiary/aromatic N) is 3. The molecule has 7 heteroatoms. The van der Waals surface area contributed by atoms with E-state index in [1.54, 1.807) is 43.3 Å². The fourth-order valence-corrected chi connectivity index (χ4v) is 3.43. The Balaban J connectivity index is 2.18. The van der Waals surface area contributed by atoms with Crippen molar-refractivity contribution in [1.29, 1.82) is 5.26 Å². The van der Waals surface area contributed by atoms with Gasteiger partial charge in [0, 0.05) is 15.5 Å². The quantitative estimate of drug-likeness (QED) is 0.642. The highest BCUT2D eigenvalue weighted by Gasteiger charge is 2.17. The molecule has 1 heterocycles. The minimum Gasteiger partial charge on any atom is -0.266 e. The van der Waals surface area contributed by atoms with Crippen molar-refractivity contribution in [3.05, 3.63) is 80.1 Å². The number of aromatic nitrogens is 2. The first kappa shape index (κ1) is 17.6. The van der Waals surface area contributed by atoms with Crippen molar-refractivity contribution >= 4 is 35.0 Å². The third-order valence-corrected chi connectivity index (χ3v) is 5.17. The van der Waals surface area contributed by atoms with Gasteiger partial charge in [0.1, 0.15) is 16.7 Å². The third kappa shape index (κ3) is 3.57. The summed E-state index contributed by atoms with van der Waals surface area (Å²) in [7, 11) is 0. The summed E-state index contributed by atoms with van der Waals surface area (Å²) in [5.41, 5.74) is 0.527. The predicted molar refractivity (Wildman–Crippen MR) is 99.9 cm³/mol. The van der Waals surface area contributed by atoms with Crippen molar-refractivity contribution in [3.63, 3.8) is 0 Å². The minimum atomic E-state index is -0.492. The van der Waals surface area contributed by atoms with E-state index in [9.17, 15) is 10.1 Å². The zero-order valence-corrected chi connectivity index (χ0v) is 15.4. The lowest BCUT2D eigenvalue weighted by molar-refractivity contribution is 0.739. The average molecular weight is 388 g/mol. The van der Waals surface area contributed by atoms with Crippen molar-refractivity contribution in [2.24, 2.45) is 0 Å². The fourth-order valence-electron chi connectivity index (χ4n) is 2.21. The molecule has 0 atom stereocenters. The molecule has 0 aliphatic carbocycles. The molecule has 2 aromatic carbocycles. The second-order valence-corrected chi connectivity index (χ2v) is 7.05. The van der Waals surface area contributed by atoms with Gasteiger partial charge in [-0.05, 0) is 43.3 Å². The third-order valence-electron chi connectivity index (χ3n) is 3.51. The molecule has 0 fully saturated rings. The maximum atomic E-state index is 12.6. The number of benzene rings is 2. The maximum absolute atomic E-state index is 12.6. The van der Waals surface area contributed by atoms with E-state index in [4.69, 9.17) is 23.2 Å². The topological polar surface area (TPSA) is 58.7 Å². The highest BCUT2D eigenvalue weighted by Crippen LogP contribution is 2.30. The van der Waals surface area contributed by atoms with E-state index in [0.717, 1.165) is 4.90 Å². The largest absolute Gasteiger partial charge is 0.289 e. The smallest absolute Gasteiger partial charge is 0.266 e. The number of halogens is 2. The Bertz CT molecular complexity index is 1040. The molecule has 124 valence electrons. The first-order valence-electron chi connectivity index (χ1n) is 7.23. The summed E-state index contributed by atoms with van der Waals surface area (Å²) in [5.74, 6) is 0. The summed E-state index contributed by atoms with van der Waals surface area (Å²) >= 11 is 13.5. The molecule has 0 N–H and O–H groups in total. The lowest BCUT2D eigenvalue weighted by Gasteiger charge is -2.12. The van der Waals surface area contributed by atoms with E-state index in [2.05, 4.69) is 5.10 Å². The van der Waals surface area contributed by atoms with Crippen LogP contribution in [0.25, 0.3) is 5.69 Å². The zero-order valence-electron chi connectivity index (χ0n) is 13.0. The van der Waals surface area contributed by atoms with Crippen LogP contribution in [0.4, 0.5) is 0 Å². The monoisotopic (exact) mass is 387 g/mol. The van der Waals surface area contributed by atoms with E-state index in [0.29, 0.717) is 26.3 Å². The zero-order chi connectivity index (χ0) is 18.0. The number of nitriles is 1. The van der Waals surface area contributed by atoms with E-state index in [-0.39, 0.29) is 5.56 Å². The maximum Gasteiger partial charge on any atom is 0.289 e. The number of hydrogen-bond acceptors (Lipinski definition) is 4. The van der Waals surface area contributed by atoms with Crippen LogP contribution in [-0.2, 0) is 0 Å². The number of hydrogen-bond donors (Lipinski definition) is 0. The molecule has 3 rings (SSSR count). The molecule has 0 unspecified atom stereocenters. The molecule has 0 radical (unpaired) electrons. The van der Waals surface area contributed by atoms with Gasteiger partial charge in [-0.3, -0.25) is 4.79 Å². The van der Waals surface area contributed by atoms with Crippen LogP contribution >= 0.6 is 35.0 Å². The highest BCUT2D eigenvalue weighted by atomic mass is 35.5. The van der Waals surface area contributed by atoms with E-state index in [1.807, 2.05) is 18.2 Å². The molecular formula is C18H11Cl2N3OS. The van der Waals surface area contributed by atoms with Crippen molar-refractivity contribution in [2.75, 3.05) is 0 Å². The van der Waals surface area contributed by atoms with Crippen molar-refractivity contribution in [3.8, 4) is 11.8 Å². The van der Waals surface area contributed by atoms with Crippen molar-refractivity contribution in [2.45, 2.75) is 16.8 Å². The molecule has 25 heavy (non-hydrogen) atoms. The minimum absolute atomic E-state index is 0.0476. The summed E-state index contributed by atoms with van der Waals surface area (Å²) < 4.78 is 1.17. The van der Waals surface area contributed by atoms with Crippen LogP contribution in [0.5, 0.6) is 0 Å². The van der Waals surface area contributed by atoms with Gasteiger partial charge < -0.3 is 0 Å². The van der Waals surface area contributed by atoms with Crippen LogP contribution in [0.3, 0.4) is 0 Å². The molecule has 0 amide bonds. The summed E-state index contributed by atoms with van der Waals surface area (Å²) in [6, 6.07) is 16.1. The molecule has 0 saturated carbocycles. The molecule has 0 aliphatic heterocycles. The van der Waals surface area contributed by atoms with Crippen LogP contribution in [-0.4, -0.2) is 9.78 Å². The second-order valence-electron chi connectivity index (χ2n) is 5.14.